The van der Waals surface area contributed by atoms with Crippen LogP contribution in [0.3, 0.4) is 0 Å². The van der Waals surface area contributed by atoms with E-state index >= 15 is 0 Å². The van der Waals surface area contributed by atoms with E-state index < -0.39 is 15.7 Å². The Kier molecular flexibility index (Phi) is 4.06. The zero-order chi connectivity index (χ0) is 14.9. The number of hydrogen-bond donors (Lipinski definition) is 0. The minimum Gasteiger partial charge on any atom is -0.371 e. The molecule has 0 radical (unpaired) electrons. The van der Waals surface area contributed by atoms with Gasteiger partial charge in [-0.1, -0.05) is 31.4 Å². The third-order valence-corrected chi connectivity index (χ3v) is 6.49. The van der Waals surface area contributed by atoms with Crippen molar-refractivity contribution in [3.05, 3.63) is 30.1 Å². The molecular formula is C16H21FO3S. The van der Waals surface area contributed by atoms with Gasteiger partial charge in [-0.05, 0) is 37.8 Å². The van der Waals surface area contributed by atoms with E-state index in [9.17, 15) is 12.8 Å². The molecule has 1 saturated carbocycles. The van der Waals surface area contributed by atoms with Crippen LogP contribution in [0, 0.1) is 5.82 Å². The molecule has 1 aromatic rings. The van der Waals surface area contributed by atoms with Crippen LogP contribution >= 0.6 is 0 Å². The van der Waals surface area contributed by atoms with E-state index in [-0.39, 0.29) is 22.4 Å². The summed E-state index contributed by atoms with van der Waals surface area (Å²) in [6.07, 6.45) is 7.01. The summed E-state index contributed by atoms with van der Waals surface area (Å²) in [5.74, 6) is -0.793. The van der Waals surface area contributed by atoms with Crippen molar-refractivity contribution in [1.82, 2.24) is 0 Å². The van der Waals surface area contributed by atoms with Crippen LogP contribution in [0.5, 0.6) is 0 Å². The van der Waals surface area contributed by atoms with Crippen LogP contribution in [-0.4, -0.2) is 25.9 Å². The Morgan fingerprint density at radius 2 is 1.86 bits per heavy atom. The van der Waals surface area contributed by atoms with Crippen LogP contribution in [0.15, 0.2) is 29.2 Å². The quantitative estimate of drug-likeness (QED) is 0.858. The number of sulfone groups is 1. The number of halogens is 1. The van der Waals surface area contributed by atoms with Gasteiger partial charge < -0.3 is 4.74 Å². The van der Waals surface area contributed by atoms with Gasteiger partial charge in [0.1, 0.15) is 10.7 Å². The predicted octanol–water partition coefficient (Wildman–Crippen LogP) is 3.48. The molecule has 3 rings (SSSR count). The maximum Gasteiger partial charge on any atom is 0.183 e. The lowest BCUT2D eigenvalue weighted by Gasteiger charge is -2.33. The van der Waals surface area contributed by atoms with Crippen LogP contribution in [0.25, 0.3) is 0 Å². The van der Waals surface area contributed by atoms with Gasteiger partial charge in [0, 0.05) is 0 Å². The molecule has 1 atom stereocenters. The highest BCUT2D eigenvalue weighted by Crippen LogP contribution is 2.42. The Labute approximate surface area is 125 Å². The lowest BCUT2D eigenvalue weighted by atomic mass is 9.83. The molecule has 1 heterocycles. The molecule has 5 heteroatoms. The molecular weight excluding hydrogens is 291 g/mol. The van der Waals surface area contributed by atoms with Crippen molar-refractivity contribution in [3.63, 3.8) is 0 Å². The molecule has 1 aromatic carbocycles. The number of ether oxygens (including phenoxy) is 1. The highest BCUT2D eigenvalue weighted by molar-refractivity contribution is 7.91. The Bertz CT molecular complexity index is 606. The van der Waals surface area contributed by atoms with Crippen molar-refractivity contribution in [3.8, 4) is 0 Å². The molecule has 1 aliphatic heterocycles. The molecule has 1 saturated heterocycles. The average Bonchev–Trinajstić information content (AvgIpc) is 2.81. The summed E-state index contributed by atoms with van der Waals surface area (Å²) in [6, 6.07) is 5.56. The topological polar surface area (TPSA) is 43.4 Å². The first-order valence-electron chi connectivity index (χ1n) is 7.66. The molecule has 0 amide bonds. The summed E-state index contributed by atoms with van der Waals surface area (Å²) < 4.78 is 44.5. The van der Waals surface area contributed by atoms with Gasteiger partial charge in [-0.25, -0.2) is 12.8 Å². The van der Waals surface area contributed by atoms with E-state index in [1.54, 1.807) is 6.07 Å². The summed E-state index contributed by atoms with van der Waals surface area (Å²) in [6.45, 7) is 0. The normalized spacial score (nSPS) is 25.3. The predicted molar refractivity (Wildman–Crippen MR) is 78.4 cm³/mol. The summed E-state index contributed by atoms with van der Waals surface area (Å²) in [5.41, 5.74) is -0.104. The molecule has 2 fully saturated rings. The van der Waals surface area contributed by atoms with Crippen molar-refractivity contribution in [2.45, 2.75) is 61.5 Å². The molecule has 2 aliphatic rings. The minimum atomic E-state index is -3.63. The Balaban J connectivity index is 1.71. The maximum absolute atomic E-state index is 13.7. The first-order chi connectivity index (χ1) is 10.0. The lowest BCUT2D eigenvalue weighted by molar-refractivity contribution is -0.0559. The van der Waals surface area contributed by atoms with Crippen LogP contribution in [0.1, 0.15) is 44.9 Å². The van der Waals surface area contributed by atoms with Crippen molar-refractivity contribution in [1.29, 1.82) is 0 Å². The summed E-state index contributed by atoms with van der Waals surface area (Å²) in [4.78, 5) is -0.210. The monoisotopic (exact) mass is 312 g/mol. The molecule has 0 N–H and O–H groups in total. The van der Waals surface area contributed by atoms with Crippen molar-refractivity contribution in [2.24, 2.45) is 0 Å². The fourth-order valence-corrected chi connectivity index (χ4v) is 5.16. The lowest BCUT2D eigenvalue weighted by Crippen LogP contribution is -2.33. The molecule has 116 valence electrons. The smallest absolute Gasteiger partial charge is 0.183 e. The SMILES string of the molecule is O=S(=O)(CC1CCC2(CCCCC2)O1)c1ccccc1F. The van der Waals surface area contributed by atoms with Gasteiger partial charge in [0.2, 0.25) is 0 Å². The molecule has 1 spiro atoms. The maximum atomic E-state index is 13.7. The first-order valence-corrected chi connectivity index (χ1v) is 9.31. The van der Waals surface area contributed by atoms with Crippen molar-refractivity contribution < 1.29 is 17.5 Å². The van der Waals surface area contributed by atoms with E-state index in [2.05, 4.69) is 0 Å². The fraction of sp³-hybridized carbons (Fsp3) is 0.625. The van der Waals surface area contributed by atoms with E-state index in [0.29, 0.717) is 0 Å². The van der Waals surface area contributed by atoms with Crippen LogP contribution < -0.4 is 0 Å². The van der Waals surface area contributed by atoms with Gasteiger partial charge in [0.25, 0.3) is 0 Å². The van der Waals surface area contributed by atoms with Gasteiger partial charge in [0.15, 0.2) is 9.84 Å². The second-order valence-corrected chi connectivity index (χ2v) is 8.24. The summed E-state index contributed by atoms with van der Waals surface area (Å²) in [7, 11) is -3.63. The fourth-order valence-electron chi connectivity index (χ4n) is 3.61. The van der Waals surface area contributed by atoms with Gasteiger partial charge in [-0.3, -0.25) is 0 Å². The Hall–Kier alpha value is -0.940. The number of benzene rings is 1. The zero-order valence-corrected chi connectivity index (χ0v) is 12.9. The van der Waals surface area contributed by atoms with Gasteiger partial charge in [-0.15, -0.1) is 0 Å². The standard InChI is InChI=1S/C16H21FO3S/c17-14-6-2-3-7-15(14)21(18,19)12-13-8-11-16(20-13)9-4-1-5-10-16/h2-3,6-7,13H,1,4-5,8-12H2. The summed E-state index contributed by atoms with van der Waals surface area (Å²) in [5, 5.41) is 0. The second-order valence-electron chi connectivity index (χ2n) is 6.23. The van der Waals surface area contributed by atoms with Gasteiger partial charge in [0.05, 0.1) is 17.5 Å². The molecule has 1 unspecified atom stereocenters. The first kappa shape index (κ1) is 15.0. The van der Waals surface area contributed by atoms with Crippen LogP contribution in [0.4, 0.5) is 4.39 Å². The van der Waals surface area contributed by atoms with Gasteiger partial charge in [-0.2, -0.15) is 0 Å². The highest BCUT2D eigenvalue weighted by Gasteiger charge is 2.42. The Morgan fingerprint density at radius 3 is 2.57 bits per heavy atom. The van der Waals surface area contributed by atoms with E-state index in [0.717, 1.165) is 38.5 Å². The van der Waals surface area contributed by atoms with E-state index in [4.69, 9.17) is 4.74 Å². The minimum absolute atomic E-state index is 0.104. The van der Waals surface area contributed by atoms with Crippen LogP contribution in [-0.2, 0) is 14.6 Å². The number of rotatable bonds is 3. The molecule has 3 nitrogen and oxygen atoms in total. The largest absolute Gasteiger partial charge is 0.371 e. The third-order valence-electron chi connectivity index (χ3n) is 4.68. The third kappa shape index (κ3) is 3.14. The van der Waals surface area contributed by atoms with E-state index in [1.807, 2.05) is 0 Å². The molecule has 1 aliphatic carbocycles. The second kappa shape index (κ2) is 5.69. The molecule has 0 aromatic heterocycles. The average molecular weight is 312 g/mol. The van der Waals surface area contributed by atoms with Gasteiger partial charge >= 0.3 is 0 Å². The van der Waals surface area contributed by atoms with E-state index in [1.165, 1.54) is 24.6 Å². The number of hydrogen-bond acceptors (Lipinski definition) is 3. The van der Waals surface area contributed by atoms with Crippen LogP contribution in [0.2, 0.25) is 0 Å². The highest BCUT2D eigenvalue weighted by atomic mass is 32.2. The molecule has 0 bridgehead atoms. The summed E-state index contributed by atoms with van der Waals surface area (Å²) >= 11 is 0. The molecule has 21 heavy (non-hydrogen) atoms. The zero-order valence-electron chi connectivity index (χ0n) is 12.1. The van der Waals surface area contributed by atoms with Crippen molar-refractivity contribution >= 4 is 9.84 Å². The Morgan fingerprint density at radius 1 is 1.14 bits per heavy atom. The van der Waals surface area contributed by atoms with Crippen molar-refractivity contribution in [2.75, 3.05) is 5.75 Å².